The van der Waals surface area contributed by atoms with Crippen LogP contribution in [0.25, 0.3) is 0 Å². The maximum atomic E-state index is 10.5. The molecule has 0 bridgehead atoms. The van der Waals surface area contributed by atoms with Crippen LogP contribution in [0, 0.1) is 13.8 Å². The molecule has 0 saturated heterocycles. The molecule has 0 aliphatic rings. The summed E-state index contributed by atoms with van der Waals surface area (Å²) in [5.41, 5.74) is 0.956. The third-order valence-corrected chi connectivity index (χ3v) is 3.34. The molecule has 0 atom stereocenters. The van der Waals surface area contributed by atoms with Crippen molar-refractivity contribution in [1.82, 2.24) is 0 Å². The Hall–Kier alpha value is -1.63. The minimum Gasteiger partial charge on any atom is -0.466 e. The monoisotopic (exact) mass is 298 g/mol. The van der Waals surface area contributed by atoms with Crippen LogP contribution in [0.2, 0.25) is 0 Å². The van der Waals surface area contributed by atoms with Crippen LogP contribution in [0.5, 0.6) is 0 Å². The normalized spacial score (nSPS) is 10.8. The molecule has 0 fully saturated rings. The van der Waals surface area contributed by atoms with Gasteiger partial charge in [0.1, 0.15) is 11.5 Å². The number of furan rings is 1. The van der Waals surface area contributed by atoms with Gasteiger partial charge >= 0.3 is 0 Å². The van der Waals surface area contributed by atoms with Gasteiger partial charge in [-0.05, 0) is 38.1 Å². The largest absolute Gasteiger partial charge is 0.466 e. The highest BCUT2D eigenvalue weighted by Gasteiger charge is 2.06. The lowest BCUT2D eigenvalue weighted by Gasteiger charge is -1.95. The zero-order valence-electron chi connectivity index (χ0n) is 11.4. The van der Waals surface area contributed by atoms with Gasteiger partial charge in [-0.1, -0.05) is 17.7 Å². The molecule has 2 N–H and O–H groups in total. The van der Waals surface area contributed by atoms with E-state index in [0.717, 1.165) is 17.1 Å². The summed E-state index contributed by atoms with van der Waals surface area (Å²) in [6.45, 7) is 3.89. The fraction of sp³-hybridized carbons (Fsp3) is 0.286. The van der Waals surface area contributed by atoms with Gasteiger partial charge in [-0.3, -0.25) is 4.55 Å². The Kier molecular flexibility index (Phi) is 5.94. The van der Waals surface area contributed by atoms with Crippen molar-refractivity contribution >= 4 is 10.1 Å². The quantitative estimate of drug-likeness (QED) is 0.849. The number of aliphatic hydroxyl groups is 1. The molecule has 0 radical (unpaired) electrons. The molecule has 0 unspecified atom stereocenters. The van der Waals surface area contributed by atoms with E-state index in [4.69, 9.17) is 14.1 Å². The minimum atomic E-state index is -4.02. The molecule has 1 heterocycles. The summed E-state index contributed by atoms with van der Waals surface area (Å²) in [7, 11) is -4.02. The van der Waals surface area contributed by atoms with Gasteiger partial charge in [0.25, 0.3) is 10.1 Å². The Morgan fingerprint density at radius 3 is 2.05 bits per heavy atom. The molecule has 0 aliphatic carbocycles. The fourth-order valence-corrected chi connectivity index (χ4v) is 1.92. The molecule has 1 aromatic carbocycles. The molecular weight excluding hydrogens is 280 g/mol. The summed E-state index contributed by atoms with van der Waals surface area (Å²) >= 11 is 0. The van der Waals surface area contributed by atoms with Crippen LogP contribution in [0.3, 0.4) is 0 Å². The summed E-state index contributed by atoms with van der Waals surface area (Å²) < 4.78 is 34.7. The highest BCUT2D eigenvalue weighted by molar-refractivity contribution is 7.85. The highest BCUT2D eigenvalue weighted by Crippen LogP contribution is 2.08. The van der Waals surface area contributed by atoms with Gasteiger partial charge in [-0.25, -0.2) is 0 Å². The average molecular weight is 298 g/mol. The first-order valence-electron chi connectivity index (χ1n) is 6.03. The van der Waals surface area contributed by atoms with Crippen molar-refractivity contribution in [3.05, 3.63) is 53.5 Å². The molecule has 0 amide bonds. The molecule has 1 aromatic heterocycles. The molecule has 0 aliphatic heterocycles. The van der Waals surface area contributed by atoms with Crippen molar-refractivity contribution in [2.75, 3.05) is 6.61 Å². The maximum absolute atomic E-state index is 10.5. The van der Waals surface area contributed by atoms with Crippen molar-refractivity contribution in [3.8, 4) is 0 Å². The molecule has 5 nitrogen and oxygen atoms in total. The lowest BCUT2D eigenvalue weighted by atomic mass is 10.2. The Morgan fingerprint density at radius 1 is 1.05 bits per heavy atom. The third kappa shape index (κ3) is 5.56. The summed E-state index contributed by atoms with van der Waals surface area (Å²) in [6, 6.07) is 9.76. The number of aryl methyl sites for hydroxylation is 2. The Balaban J connectivity index is 0.000000204. The smallest absolute Gasteiger partial charge is 0.294 e. The summed E-state index contributed by atoms with van der Waals surface area (Å²) in [6.07, 6.45) is 0.619. The average Bonchev–Trinajstić information content (AvgIpc) is 2.76. The van der Waals surface area contributed by atoms with Gasteiger partial charge < -0.3 is 9.52 Å². The van der Waals surface area contributed by atoms with Crippen molar-refractivity contribution < 1.29 is 22.5 Å². The number of hydrogen-bond acceptors (Lipinski definition) is 4. The first-order valence-corrected chi connectivity index (χ1v) is 7.47. The van der Waals surface area contributed by atoms with Gasteiger partial charge in [0.15, 0.2) is 0 Å². The highest BCUT2D eigenvalue weighted by atomic mass is 32.2. The maximum Gasteiger partial charge on any atom is 0.294 e. The second-order valence-electron chi connectivity index (χ2n) is 4.27. The Labute approximate surface area is 118 Å². The van der Waals surface area contributed by atoms with Gasteiger partial charge in [-0.2, -0.15) is 8.42 Å². The van der Waals surface area contributed by atoms with Crippen molar-refractivity contribution in [2.24, 2.45) is 0 Å². The molecule has 2 aromatic rings. The number of benzene rings is 1. The van der Waals surface area contributed by atoms with Crippen LogP contribution in [-0.2, 0) is 16.5 Å². The molecule has 110 valence electrons. The van der Waals surface area contributed by atoms with E-state index in [2.05, 4.69) is 0 Å². The van der Waals surface area contributed by atoms with E-state index in [9.17, 15) is 8.42 Å². The van der Waals surface area contributed by atoms with Crippen LogP contribution in [0.1, 0.15) is 17.1 Å². The first kappa shape index (κ1) is 16.4. The standard InChI is InChI=1S/C7H8O3S.C7H10O2/c1-6-2-4-7(5-3-6)11(8,9)10;1-6-2-3-7(9-6)4-5-8/h2-5H,1H3,(H,8,9,10);2-3,8H,4-5H2,1H3. The molecule has 0 spiro atoms. The van der Waals surface area contributed by atoms with E-state index in [1.807, 2.05) is 26.0 Å². The molecule has 2 rings (SSSR count). The SMILES string of the molecule is Cc1ccc(CCO)o1.Cc1ccc(S(=O)(=O)O)cc1. The second-order valence-corrected chi connectivity index (χ2v) is 5.70. The van der Waals surface area contributed by atoms with E-state index in [0.29, 0.717) is 6.42 Å². The van der Waals surface area contributed by atoms with Gasteiger partial charge in [0.05, 0.1) is 11.5 Å². The summed E-state index contributed by atoms with van der Waals surface area (Å²) in [4.78, 5) is -0.0666. The predicted octanol–water partition coefficient (Wildman–Crippen LogP) is 2.36. The zero-order chi connectivity index (χ0) is 15.2. The molecule has 20 heavy (non-hydrogen) atoms. The minimum absolute atomic E-state index is 0.0666. The van der Waals surface area contributed by atoms with E-state index < -0.39 is 10.1 Å². The van der Waals surface area contributed by atoms with E-state index in [1.54, 1.807) is 12.1 Å². The first-order chi connectivity index (χ1) is 9.32. The number of aliphatic hydroxyl groups excluding tert-OH is 1. The number of hydrogen-bond donors (Lipinski definition) is 2. The summed E-state index contributed by atoms with van der Waals surface area (Å²) in [5.74, 6) is 1.76. The summed E-state index contributed by atoms with van der Waals surface area (Å²) in [5, 5.41) is 8.47. The van der Waals surface area contributed by atoms with E-state index >= 15 is 0 Å². The predicted molar refractivity (Wildman–Crippen MR) is 75.2 cm³/mol. The van der Waals surface area contributed by atoms with Gasteiger partial charge in [0, 0.05) is 6.42 Å². The fourth-order valence-electron chi connectivity index (χ4n) is 1.44. The molecular formula is C14H18O5S. The second kappa shape index (κ2) is 7.23. The van der Waals surface area contributed by atoms with Crippen molar-refractivity contribution in [1.29, 1.82) is 0 Å². The number of rotatable bonds is 3. The lowest BCUT2D eigenvalue weighted by Crippen LogP contribution is -1.96. The van der Waals surface area contributed by atoms with Crippen LogP contribution < -0.4 is 0 Å². The Morgan fingerprint density at radius 2 is 1.65 bits per heavy atom. The lowest BCUT2D eigenvalue weighted by molar-refractivity contribution is 0.287. The van der Waals surface area contributed by atoms with E-state index in [1.165, 1.54) is 12.1 Å². The molecule has 6 heteroatoms. The van der Waals surface area contributed by atoms with Gasteiger partial charge in [0.2, 0.25) is 0 Å². The van der Waals surface area contributed by atoms with E-state index in [-0.39, 0.29) is 11.5 Å². The van der Waals surface area contributed by atoms with Gasteiger partial charge in [-0.15, -0.1) is 0 Å². The van der Waals surface area contributed by atoms with Crippen LogP contribution >= 0.6 is 0 Å². The Bertz CT molecular complexity index is 626. The van der Waals surface area contributed by atoms with Crippen molar-refractivity contribution in [3.63, 3.8) is 0 Å². The van der Waals surface area contributed by atoms with Crippen LogP contribution in [-0.4, -0.2) is 24.7 Å². The van der Waals surface area contributed by atoms with Crippen molar-refractivity contribution in [2.45, 2.75) is 25.2 Å². The third-order valence-electron chi connectivity index (χ3n) is 2.47. The molecule has 0 saturated carbocycles. The van der Waals surface area contributed by atoms with Crippen LogP contribution in [0.15, 0.2) is 45.7 Å². The zero-order valence-corrected chi connectivity index (χ0v) is 12.2. The van der Waals surface area contributed by atoms with Crippen LogP contribution in [0.4, 0.5) is 0 Å². The topological polar surface area (TPSA) is 87.7 Å².